The van der Waals surface area contributed by atoms with Crippen LogP contribution in [0.15, 0.2) is 29.1 Å². The van der Waals surface area contributed by atoms with E-state index in [9.17, 15) is 4.79 Å². The van der Waals surface area contributed by atoms with Crippen LogP contribution < -0.4 is 15.2 Å². The van der Waals surface area contributed by atoms with Crippen molar-refractivity contribution in [1.82, 2.24) is 14.9 Å². The Kier molecular flexibility index (Phi) is 5.37. The fraction of sp³-hybridized carbons (Fsp3) is 0.524. The molecule has 7 nitrogen and oxygen atoms in total. The number of hydrogen-bond acceptors (Lipinski definition) is 6. The van der Waals surface area contributed by atoms with Crippen LogP contribution in [0.25, 0.3) is 0 Å². The largest absolute Gasteiger partial charge is 0.497 e. The van der Waals surface area contributed by atoms with Gasteiger partial charge in [0, 0.05) is 38.3 Å². The van der Waals surface area contributed by atoms with Gasteiger partial charge >= 0.3 is 0 Å². The number of methoxy groups -OCH3 is 1. The van der Waals surface area contributed by atoms with E-state index in [-0.39, 0.29) is 17.8 Å². The molecular weight excluding hydrogens is 356 g/mol. The van der Waals surface area contributed by atoms with Crippen molar-refractivity contribution in [1.29, 1.82) is 0 Å². The third-order valence-electron chi connectivity index (χ3n) is 5.42. The van der Waals surface area contributed by atoms with E-state index in [1.807, 2.05) is 12.1 Å². The number of aromatic amines is 1. The van der Waals surface area contributed by atoms with E-state index in [4.69, 9.17) is 14.5 Å². The average molecular weight is 384 g/mol. The summed E-state index contributed by atoms with van der Waals surface area (Å²) in [5.41, 5.74) is 2.94. The SMILES string of the molecule is COc1ccc(CN2CCc3c(nc(N4C[C@@H](C)O[C@@H](C)C4)[nH]c3=O)C2)cc1. The number of fused-ring (bicyclic) bond motifs is 1. The van der Waals surface area contributed by atoms with Gasteiger partial charge < -0.3 is 14.4 Å². The topological polar surface area (TPSA) is 70.7 Å². The van der Waals surface area contributed by atoms with E-state index in [1.54, 1.807) is 7.11 Å². The molecule has 0 saturated carbocycles. The second-order valence-electron chi connectivity index (χ2n) is 7.79. The van der Waals surface area contributed by atoms with Crippen LogP contribution in [-0.4, -0.2) is 53.8 Å². The predicted molar refractivity (Wildman–Crippen MR) is 108 cm³/mol. The van der Waals surface area contributed by atoms with Crippen molar-refractivity contribution in [2.45, 2.75) is 45.6 Å². The molecule has 0 spiro atoms. The quantitative estimate of drug-likeness (QED) is 0.869. The standard InChI is InChI=1S/C21H28N4O3/c1-14-10-25(11-15(2)28-14)21-22-19-13-24(9-8-18(19)20(26)23-21)12-16-4-6-17(27-3)7-5-16/h4-7,14-15H,8-13H2,1-3H3,(H,22,23,26)/t14-,15+. The fourth-order valence-electron chi connectivity index (χ4n) is 4.11. The molecule has 2 aliphatic rings. The smallest absolute Gasteiger partial charge is 0.255 e. The summed E-state index contributed by atoms with van der Waals surface area (Å²) in [5.74, 6) is 1.52. The number of ether oxygens (including phenoxy) is 2. The van der Waals surface area contributed by atoms with Gasteiger partial charge in [-0.3, -0.25) is 14.7 Å². The first-order valence-electron chi connectivity index (χ1n) is 9.89. The zero-order valence-corrected chi connectivity index (χ0v) is 16.8. The molecular formula is C21H28N4O3. The van der Waals surface area contributed by atoms with Crippen LogP contribution in [0.4, 0.5) is 5.95 Å². The number of rotatable bonds is 4. The summed E-state index contributed by atoms with van der Waals surface area (Å²) in [4.78, 5) is 24.9. The highest BCUT2D eigenvalue weighted by molar-refractivity contribution is 5.35. The number of nitrogens with one attached hydrogen (secondary N) is 1. The van der Waals surface area contributed by atoms with Gasteiger partial charge in [-0.1, -0.05) is 12.1 Å². The molecule has 28 heavy (non-hydrogen) atoms. The first kappa shape index (κ1) is 19.0. The molecule has 1 saturated heterocycles. The Labute approximate surface area is 165 Å². The van der Waals surface area contributed by atoms with Gasteiger partial charge in [0.15, 0.2) is 0 Å². The molecule has 0 bridgehead atoms. The van der Waals surface area contributed by atoms with Gasteiger partial charge in [0.1, 0.15) is 5.75 Å². The lowest BCUT2D eigenvalue weighted by atomic mass is 10.1. The van der Waals surface area contributed by atoms with Crippen LogP contribution in [0, 0.1) is 0 Å². The summed E-state index contributed by atoms with van der Waals surface area (Å²) in [7, 11) is 1.67. The highest BCUT2D eigenvalue weighted by Crippen LogP contribution is 2.21. The zero-order valence-electron chi connectivity index (χ0n) is 16.8. The Bertz CT molecular complexity index is 870. The van der Waals surface area contributed by atoms with Crippen molar-refractivity contribution in [2.75, 3.05) is 31.6 Å². The highest BCUT2D eigenvalue weighted by Gasteiger charge is 2.27. The van der Waals surface area contributed by atoms with Gasteiger partial charge in [-0.15, -0.1) is 0 Å². The molecule has 0 radical (unpaired) electrons. The number of H-pyrrole nitrogens is 1. The van der Waals surface area contributed by atoms with E-state index >= 15 is 0 Å². The van der Waals surface area contributed by atoms with Crippen LogP contribution in [-0.2, 0) is 24.2 Å². The van der Waals surface area contributed by atoms with E-state index in [2.05, 4.69) is 40.8 Å². The highest BCUT2D eigenvalue weighted by atomic mass is 16.5. The van der Waals surface area contributed by atoms with Crippen LogP contribution >= 0.6 is 0 Å². The monoisotopic (exact) mass is 384 g/mol. The maximum Gasteiger partial charge on any atom is 0.255 e. The van der Waals surface area contributed by atoms with Gasteiger partial charge in [0.05, 0.1) is 25.0 Å². The first-order chi connectivity index (χ1) is 13.5. The van der Waals surface area contributed by atoms with Crippen molar-refractivity contribution in [3.8, 4) is 5.75 Å². The lowest BCUT2D eigenvalue weighted by Crippen LogP contribution is -2.47. The second-order valence-corrected chi connectivity index (χ2v) is 7.79. The van der Waals surface area contributed by atoms with E-state index < -0.39 is 0 Å². The summed E-state index contributed by atoms with van der Waals surface area (Å²) >= 11 is 0. The van der Waals surface area contributed by atoms with Crippen LogP contribution in [0.2, 0.25) is 0 Å². The predicted octanol–water partition coefficient (Wildman–Crippen LogP) is 1.95. The van der Waals surface area contributed by atoms with Crippen LogP contribution in [0.1, 0.15) is 30.7 Å². The van der Waals surface area contributed by atoms with Crippen molar-refractivity contribution in [3.05, 3.63) is 51.4 Å². The summed E-state index contributed by atoms with van der Waals surface area (Å²) < 4.78 is 11.0. The normalized spacial score (nSPS) is 22.8. The Morgan fingerprint density at radius 2 is 1.93 bits per heavy atom. The minimum atomic E-state index is -0.00380. The van der Waals surface area contributed by atoms with E-state index in [0.29, 0.717) is 12.5 Å². The second kappa shape index (κ2) is 7.93. The Morgan fingerprint density at radius 3 is 2.61 bits per heavy atom. The maximum absolute atomic E-state index is 12.6. The molecule has 0 amide bonds. The fourth-order valence-corrected chi connectivity index (χ4v) is 4.11. The molecule has 1 N–H and O–H groups in total. The molecule has 7 heteroatoms. The minimum absolute atomic E-state index is 0.00380. The number of nitrogens with zero attached hydrogens (tertiary/aromatic N) is 3. The van der Waals surface area contributed by atoms with E-state index in [0.717, 1.165) is 49.6 Å². The Hall–Kier alpha value is -2.38. The van der Waals surface area contributed by atoms with Gasteiger partial charge in [0.25, 0.3) is 5.56 Å². The number of anilines is 1. The van der Waals surface area contributed by atoms with Crippen LogP contribution in [0.3, 0.4) is 0 Å². The summed E-state index contributed by atoms with van der Waals surface area (Å²) in [6.45, 7) is 7.95. The lowest BCUT2D eigenvalue weighted by molar-refractivity contribution is -0.00576. The first-order valence-corrected chi connectivity index (χ1v) is 9.89. The molecule has 0 aliphatic carbocycles. The van der Waals surface area contributed by atoms with Gasteiger partial charge in [-0.05, 0) is 38.0 Å². The number of benzene rings is 1. The van der Waals surface area contributed by atoms with E-state index in [1.165, 1.54) is 5.56 Å². The van der Waals surface area contributed by atoms with Gasteiger partial charge in [-0.2, -0.15) is 0 Å². The van der Waals surface area contributed by atoms with Crippen molar-refractivity contribution < 1.29 is 9.47 Å². The molecule has 2 aromatic rings. The summed E-state index contributed by atoms with van der Waals surface area (Å²) in [6.07, 6.45) is 0.970. The number of morpholine rings is 1. The maximum atomic E-state index is 12.6. The number of aromatic nitrogens is 2. The molecule has 3 heterocycles. The van der Waals surface area contributed by atoms with Gasteiger partial charge in [0.2, 0.25) is 5.95 Å². The number of hydrogen-bond donors (Lipinski definition) is 1. The molecule has 2 aliphatic heterocycles. The van der Waals surface area contributed by atoms with Crippen LogP contribution in [0.5, 0.6) is 5.75 Å². The molecule has 1 aromatic carbocycles. The molecule has 1 fully saturated rings. The lowest BCUT2D eigenvalue weighted by Gasteiger charge is -2.36. The van der Waals surface area contributed by atoms with Gasteiger partial charge in [-0.25, -0.2) is 4.98 Å². The van der Waals surface area contributed by atoms with Crippen molar-refractivity contribution in [2.24, 2.45) is 0 Å². The summed E-state index contributed by atoms with van der Waals surface area (Å²) in [6, 6.07) is 8.13. The third-order valence-corrected chi connectivity index (χ3v) is 5.42. The zero-order chi connectivity index (χ0) is 19.7. The molecule has 150 valence electrons. The Morgan fingerprint density at radius 1 is 1.21 bits per heavy atom. The molecule has 4 rings (SSSR count). The summed E-state index contributed by atoms with van der Waals surface area (Å²) in [5, 5.41) is 0. The third kappa shape index (κ3) is 4.05. The molecule has 0 unspecified atom stereocenters. The molecule has 2 atom stereocenters. The molecule has 1 aromatic heterocycles. The Balaban J connectivity index is 1.52. The van der Waals surface area contributed by atoms with Crippen molar-refractivity contribution >= 4 is 5.95 Å². The van der Waals surface area contributed by atoms with Crippen molar-refractivity contribution in [3.63, 3.8) is 0 Å². The average Bonchev–Trinajstić information content (AvgIpc) is 2.67. The minimum Gasteiger partial charge on any atom is -0.497 e.